The Balaban J connectivity index is 1.86. The summed E-state index contributed by atoms with van der Waals surface area (Å²) in [5.41, 5.74) is 1.86. The van der Waals surface area contributed by atoms with Crippen LogP contribution in [-0.2, 0) is 27.2 Å². The van der Waals surface area contributed by atoms with Crippen LogP contribution in [0, 0.1) is 0 Å². The first-order valence-electron chi connectivity index (χ1n) is 6.11. The Morgan fingerprint density at radius 3 is 2.22 bits per heavy atom. The number of nitrogens with one attached hydrogen (secondary N) is 1. The highest BCUT2D eigenvalue weighted by Gasteiger charge is 2.22. The fourth-order valence-electron chi connectivity index (χ4n) is 1.71. The van der Waals surface area contributed by atoms with Crippen molar-refractivity contribution in [1.82, 2.24) is 5.32 Å². The zero-order valence-electron chi connectivity index (χ0n) is 10.4. The summed E-state index contributed by atoms with van der Waals surface area (Å²) in [6, 6.07) is 7.87. The maximum atomic E-state index is 11.6. The van der Waals surface area contributed by atoms with Gasteiger partial charge in [-0.2, -0.15) is 0 Å². The zero-order chi connectivity index (χ0) is 13.0. The average molecular weight is 247 g/mol. The molecule has 0 spiro atoms. The molecule has 18 heavy (non-hydrogen) atoms. The van der Waals surface area contributed by atoms with E-state index in [1.54, 1.807) is 0 Å². The van der Waals surface area contributed by atoms with Crippen molar-refractivity contribution >= 4 is 11.9 Å². The molecule has 0 bridgehead atoms. The number of hydrogen-bond donors (Lipinski definition) is 1. The van der Waals surface area contributed by atoms with Gasteiger partial charge in [0.1, 0.15) is 0 Å². The molecular formula is C14H17NO3. The van der Waals surface area contributed by atoms with Gasteiger partial charge < -0.3 is 10.1 Å². The lowest BCUT2D eigenvalue weighted by Gasteiger charge is -2.05. The highest BCUT2D eigenvalue weighted by Crippen LogP contribution is 2.18. The second-order valence-corrected chi connectivity index (χ2v) is 4.59. The van der Waals surface area contributed by atoms with Crippen LogP contribution in [0.5, 0.6) is 0 Å². The van der Waals surface area contributed by atoms with Gasteiger partial charge in [0, 0.05) is 6.04 Å². The SMILES string of the molecule is COC(=O)Cc1ccc(CC(=O)NC2CC2)cc1. The van der Waals surface area contributed by atoms with Crippen molar-refractivity contribution in [3.63, 3.8) is 0 Å². The molecule has 1 aromatic carbocycles. The van der Waals surface area contributed by atoms with Gasteiger partial charge in [-0.15, -0.1) is 0 Å². The van der Waals surface area contributed by atoms with E-state index in [1.807, 2.05) is 24.3 Å². The van der Waals surface area contributed by atoms with Gasteiger partial charge in [-0.25, -0.2) is 0 Å². The minimum Gasteiger partial charge on any atom is -0.469 e. The first-order chi connectivity index (χ1) is 8.67. The predicted molar refractivity (Wildman–Crippen MR) is 67.0 cm³/mol. The molecule has 4 heteroatoms. The topological polar surface area (TPSA) is 55.4 Å². The molecule has 1 fully saturated rings. The molecule has 1 amide bonds. The Morgan fingerprint density at radius 1 is 1.17 bits per heavy atom. The molecule has 0 aliphatic heterocycles. The van der Waals surface area contributed by atoms with Gasteiger partial charge in [0.2, 0.25) is 5.91 Å². The van der Waals surface area contributed by atoms with Crippen LogP contribution in [0.25, 0.3) is 0 Å². The van der Waals surface area contributed by atoms with E-state index < -0.39 is 0 Å². The minimum absolute atomic E-state index is 0.0678. The molecule has 0 saturated heterocycles. The zero-order valence-corrected chi connectivity index (χ0v) is 10.4. The molecule has 4 nitrogen and oxygen atoms in total. The second kappa shape index (κ2) is 5.67. The monoisotopic (exact) mass is 247 g/mol. The van der Waals surface area contributed by atoms with Crippen molar-refractivity contribution in [2.75, 3.05) is 7.11 Å². The normalized spacial score (nSPS) is 14.1. The Bertz CT molecular complexity index is 435. The summed E-state index contributed by atoms with van der Waals surface area (Å²) in [5, 5.41) is 2.95. The van der Waals surface area contributed by atoms with Gasteiger partial charge in [-0.1, -0.05) is 24.3 Å². The largest absolute Gasteiger partial charge is 0.469 e. The highest BCUT2D eigenvalue weighted by molar-refractivity contribution is 5.79. The molecule has 0 radical (unpaired) electrons. The molecule has 1 N–H and O–H groups in total. The molecule has 1 aliphatic rings. The summed E-state index contributed by atoms with van der Waals surface area (Å²) in [6.45, 7) is 0. The van der Waals surface area contributed by atoms with Crippen molar-refractivity contribution in [2.24, 2.45) is 0 Å². The molecule has 0 heterocycles. The van der Waals surface area contributed by atoms with Crippen LogP contribution < -0.4 is 5.32 Å². The fourth-order valence-corrected chi connectivity index (χ4v) is 1.71. The number of amides is 1. The van der Waals surface area contributed by atoms with Crippen molar-refractivity contribution < 1.29 is 14.3 Å². The molecule has 1 aliphatic carbocycles. The van der Waals surface area contributed by atoms with E-state index in [4.69, 9.17) is 0 Å². The van der Waals surface area contributed by atoms with Crippen LogP contribution in [0.3, 0.4) is 0 Å². The molecular weight excluding hydrogens is 230 g/mol. The number of carbonyl (C=O) groups excluding carboxylic acids is 2. The molecule has 2 rings (SSSR count). The Morgan fingerprint density at radius 2 is 1.72 bits per heavy atom. The summed E-state index contributed by atoms with van der Waals surface area (Å²) in [4.78, 5) is 22.7. The number of carbonyl (C=O) groups is 2. The quantitative estimate of drug-likeness (QED) is 0.796. The summed E-state index contributed by atoms with van der Waals surface area (Å²) in [6.07, 6.45) is 2.87. The number of esters is 1. The summed E-state index contributed by atoms with van der Waals surface area (Å²) < 4.78 is 4.60. The van der Waals surface area contributed by atoms with Gasteiger partial charge in [0.05, 0.1) is 20.0 Å². The number of rotatable bonds is 5. The van der Waals surface area contributed by atoms with Gasteiger partial charge in [0.25, 0.3) is 0 Å². The maximum absolute atomic E-state index is 11.6. The van der Waals surface area contributed by atoms with Gasteiger partial charge in [-0.3, -0.25) is 9.59 Å². The van der Waals surface area contributed by atoms with E-state index in [2.05, 4.69) is 10.1 Å². The number of hydrogen-bond acceptors (Lipinski definition) is 3. The third kappa shape index (κ3) is 3.87. The van der Waals surface area contributed by atoms with Crippen LogP contribution >= 0.6 is 0 Å². The summed E-state index contributed by atoms with van der Waals surface area (Å²) >= 11 is 0. The molecule has 0 atom stereocenters. The van der Waals surface area contributed by atoms with Gasteiger partial charge in [-0.05, 0) is 24.0 Å². The Hall–Kier alpha value is -1.84. The average Bonchev–Trinajstić information content (AvgIpc) is 3.15. The van der Waals surface area contributed by atoms with E-state index >= 15 is 0 Å². The van der Waals surface area contributed by atoms with Crippen LogP contribution in [0.15, 0.2) is 24.3 Å². The molecule has 96 valence electrons. The van der Waals surface area contributed by atoms with Gasteiger partial charge >= 0.3 is 5.97 Å². The van der Waals surface area contributed by atoms with Crippen molar-refractivity contribution in [3.8, 4) is 0 Å². The summed E-state index contributed by atoms with van der Waals surface area (Å²) in [5.74, 6) is -0.188. The molecule has 1 aromatic rings. The van der Waals surface area contributed by atoms with Crippen LogP contribution in [-0.4, -0.2) is 25.0 Å². The van der Waals surface area contributed by atoms with Gasteiger partial charge in [0.15, 0.2) is 0 Å². The second-order valence-electron chi connectivity index (χ2n) is 4.59. The predicted octanol–water partition coefficient (Wildman–Crippen LogP) is 1.22. The molecule has 0 aromatic heterocycles. The van der Waals surface area contributed by atoms with Crippen molar-refractivity contribution in [2.45, 2.75) is 31.7 Å². The highest BCUT2D eigenvalue weighted by atomic mass is 16.5. The van der Waals surface area contributed by atoms with Crippen LogP contribution in [0.1, 0.15) is 24.0 Å². The standard InChI is InChI=1S/C14H17NO3/c1-18-14(17)9-11-4-2-10(3-5-11)8-13(16)15-12-6-7-12/h2-5,12H,6-9H2,1H3,(H,15,16). The number of benzene rings is 1. The lowest BCUT2D eigenvalue weighted by molar-refractivity contribution is -0.139. The Kier molecular flexibility index (Phi) is 3.97. The number of ether oxygens (including phenoxy) is 1. The molecule has 0 unspecified atom stereocenters. The summed E-state index contributed by atoms with van der Waals surface area (Å²) in [7, 11) is 1.37. The van der Waals surface area contributed by atoms with Crippen molar-refractivity contribution in [3.05, 3.63) is 35.4 Å². The van der Waals surface area contributed by atoms with Crippen LogP contribution in [0.2, 0.25) is 0 Å². The third-order valence-corrected chi connectivity index (χ3v) is 2.91. The van der Waals surface area contributed by atoms with E-state index in [9.17, 15) is 9.59 Å². The minimum atomic E-state index is -0.255. The maximum Gasteiger partial charge on any atom is 0.309 e. The fraction of sp³-hybridized carbons (Fsp3) is 0.429. The van der Waals surface area contributed by atoms with E-state index in [1.165, 1.54) is 7.11 Å². The Labute approximate surface area is 106 Å². The first-order valence-corrected chi connectivity index (χ1v) is 6.11. The van der Waals surface area contributed by atoms with Crippen molar-refractivity contribution in [1.29, 1.82) is 0 Å². The lowest BCUT2D eigenvalue weighted by atomic mass is 10.1. The first kappa shape index (κ1) is 12.6. The van der Waals surface area contributed by atoms with E-state index in [-0.39, 0.29) is 18.3 Å². The smallest absolute Gasteiger partial charge is 0.309 e. The van der Waals surface area contributed by atoms with E-state index in [0.717, 1.165) is 24.0 Å². The van der Waals surface area contributed by atoms with E-state index in [0.29, 0.717) is 12.5 Å². The third-order valence-electron chi connectivity index (χ3n) is 2.91. The lowest BCUT2D eigenvalue weighted by Crippen LogP contribution is -2.26. The number of methoxy groups -OCH3 is 1. The van der Waals surface area contributed by atoms with Crippen LogP contribution in [0.4, 0.5) is 0 Å². The molecule has 1 saturated carbocycles.